The molecule has 76 valence electrons. The van der Waals surface area contributed by atoms with Crippen LogP contribution in [0.2, 0.25) is 0 Å². The van der Waals surface area contributed by atoms with E-state index in [4.69, 9.17) is 4.74 Å². The number of hydrogen-bond donors (Lipinski definition) is 0. The maximum atomic E-state index is 11.1. The van der Waals surface area contributed by atoms with Gasteiger partial charge in [-0.2, -0.15) is 0 Å². The minimum absolute atomic E-state index is 0.115. The molecule has 0 spiro atoms. The van der Waals surface area contributed by atoms with Crippen LogP contribution in [0.4, 0.5) is 0 Å². The van der Waals surface area contributed by atoms with E-state index in [2.05, 4.69) is 19.1 Å². The van der Waals surface area contributed by atoms with Crippen LogP contribution in [0.25, 0.3) is 0 Å². The average Bonchev–Trinajstić information content (AvgIpc) is 2.17. The molecule has 0 aromatic heterocycles. The lowest BCUT2D eigenvalue weighted by Gasteiger charge is -2.04. The quantitative estimate of drug-likeness (QED) is 0.685. The molecular weight excluding hydrogens is 176 g/mol. The largest absolute Gasteiger partial charge is 0.466 e. The third-order valence-corrected chi connectivity index (χ3v) is 2.17. The molecule has 0 atom stereocenters. The second-order valence-corrected chi connectivity index (χ2v) is 3.23. The zero-order valence-electron chi connectivity index (χ0n) is 8.75. The van der Waals surface area contributed by atoms with Gasteiger partial charge in [-0.3, -0.25) is 4.79 Å². The molecule has 0 fully saturated rings. The summed E-state index contributed by atoms with van der Waals surface area (Å²) in [5.41, 5.74) is 2.46. The average molecular weight is 192 g/mol. The molecule has 1 aromatic rings. The third kappa shape index (κ3) is 3.21. The Morgan fingerprint density at radius 1 is 1.36 bits per heavy atom. The number of esters is 1. The number of rotatable bonds is 4. The molecule has 0 N–H and O–H groups in total. The van der Waals surface area contributed by atoms with Gasteiger partial charge in [0.2, 0.25) is 0 Å². The Morgan fingerprint density at radius 2 is 2.07 bits per heavy atom. The molecule has 0 saturated carbocycles. The summed E-state index contributed by atoms with van der Waals surface area (Å²) in [5.74, 6) is -0.115. The summed E-state index contributed by atoms with van der Waals surface area (Å²) < 4.78 is 4.86. The smallest absolute Gasteiger partial charge is 0.306 e. The molecule has 0 aliphatic rings. The van der Waals surface area contributed by atoms with Crippen LogP contribution < -0.4 is 0 Å². The fraction of sp³-hybridized carbons (Fsp3) is 0.417. The predicted molar refractivity (Wildman–Crippen MR) is 56.1 cm³/mol. The zero-order valence-corrected chi connectivity index (χ0v) is 8.75. The van der Waals surface area contributed by atoms with Gasteiger partial charge in [-0.15, -0.1) is 0 Å². The molecule has 2 nitrogen and oxygen atoms in total. The first-order valence-electron chi connectivity index (χ1n) is 4.94. The number of hydrogen-bond acceptors (Lipinski definition) is 2. The van der Waals surface area contributed by atoms with Crippen molar-refractivity contribution in [2.24, 2.45) is 0 Å². The van der Waals surface area contributed by atoms with E-state index in [1.807, 2.05) is 19.1 Å². The van der Waals surface area contributed by atoms with E-state index in [0.29, 0.717) is 13.0 Å². The normalized spacial score (nSPS) is 9.86. The minimum Gasteiger partial charge on any atom is -0.466 e. The van der Waals surface area contributed by atoms with Crippen molar-refractivity contribution in [2.45, 2.75) is 26.7 Å². The van der Waals surface area contributed by atoms with Crippen molar-refractivity contribution in [3.63, 3.8) is 0 Å². The van der Waals surface area contributed by atoms with Gasteiger partial charge in [0.1, 0.15) is 0 Å². The molecule has 0 aliphatic heterocycles. The van der Waals surface area contributed by atoms with Crippen molar-refractivity contribution >= 4 is 5.97 Å². The summed E-state index contributed by atoms with van der Waals surface area (Å²) in [7, 11) is 0. The number of carbonyl (C=O) groups excluding carboxylic acids is 1. The van der Waals surface area contributed by atoms with Gasteiger partial charge in [0.25, 0.3) is 0 Å². The second-order valence-electron chi connectivity index (χ2n) is 3.23. The Labute approximate surface area is 84.9 Å². The first kappa shape index (κ1) is 10.8. The lowest BCUT2D eigenvalue weighted by molar-refractivity contribution is -0.143. The number of carbonyl (C=O) groups is 1. The fourth-order valence-electron chi connectivity index (χ4n) is 1.36. The fourth-order valence-corrected chi connectivity index (χ4v) is 1.36. The van der Waals surface area contributed by atoms with Crippen LogP contribution in [-0.2, 0) is 16.0 Å². The van der Waals surface area contributed by atoms with E-state index in [1.54, 1.807) is 0 Å². The molecule has 14 heavy (non-hydrogen) atoms. The van der Waals surface area contributed by atoms with Crippen LogP contribution in [-0.4, -0.2) is 12.6 Å². The van der Waals surface area contributed by atoms with Gasteiger partial charge < -0.3 is 4.74 Å². The van der Waals surface area contributed by atoms with Crippen molar-refractivity contribution in [1.29, 1.82) is 0 Å². The van der Waals surface area contributed by atoms with Crippen LogP contribution in [0.3, 0.4) is 0 Å². The summed E-state index contributed by atoms with van der Waals surface area (Å²) >= 11 is 0. The van der Waals surface area contributed by atoms with Gasteiger partial charge >= 0.3 is 5.97 Å². The number of benzene rings is 1. The van der Waals surface area contributed by atoms with Crippen molar-refractivity contribution in [2.75, 3.05) is 6.61 Å². The van der Waals surface area contributed by atoms with Crippen LogP contribution >= 0.6 is 0 Å². The first-order valence-corrected chi connectivity index (χ1v) is 4.94. The van der Waals surface area contributed by atoms with E-state index in [0.717, 1.165) is 6.42 Å². The predicted octanol–water partition coefficient (Wildman–Crippen LogP) is 2.49. The molecule has 0 aliphatic carbocycles. The summed E-state index contributed by atoms with van der Waals surface area (Å²) in [6.45, 7) is 4.35. The van der Waals surface area contributed by atoms with Gasteiger partial charge in [-0.25, -0.2) is 0 Å². The highest BCUT2D eigenvalue weighted by Crippen LogP contribution is 2.09. The minimum atomic E-state index is -0.115. The summed E-state index contributed by atoms with van der Waals surface area (Å²) in [6.07, 6.45) is 1.24. The maximum Gasteiger partial charge on any atom is 0.306 e. The Kier molecular flexibility index (Phi) is 4.17. The standard InChI is InChI=1S/C12H16O2/c1-3-14-12(13)9-8-11-7-5-4-6-10(11)2/h4-7H,3,8-9H2,1-2H3. The van der Waals surface area contributed by atoms with Gasteiger partial charge in [0, 0.05) is 6.42 Å². The van der Waals surface area contributed by atoms with Crippen LogP contribution in [0.5, 0.6) is 0 Å². The maximum absolute atomic E-state index is 11.1. The first-order chi connectivity index (χ1) is 6.74. The lowest BCUT2D eigenvalue weighted by atomic mass is 10.0. The highest BCUT2D eigenvalue weighted by Gasteiger charge is 2.03. The molecule has 0 amide bonds. The molecular formula is C12H16O2. The molecule has 2 heteroatoms. The summed E-state index contributed by atoms with van der Waals surface area (Å²) in [5, 5.41) is 0. The summed E-state index contributed by atoms with van der Waals surface area (Å²) in [6, 6.07) is 8.10. The van der Waals surface area contributed by atoms with Crippen molar-refractivity contribution in [1.82, 2.24) is 0 Å². The van der Waals surface area contributed by atoms with E-state index in [-0.39, 0.29) is 5.97 Å². The van der Waals surface area contributed by atoms with Gasteiger partial charge in [-0.1, -0.05) is 24.3 Å². The van der Waals surface area contributed by atoms with E-state index >= 15 is 0 Å². The summed E-state index contributed by atoms with van der Waals surface area (Å²) in [4.78, 5) is 11.1. The molecule has 0 radical (unpaired) electrons. The molecule has 1 rings (SSSR count). The molecule has 1 aromatic carbocycles. The zero-order chi connectivity index (χ0) is 10.4. The second kappa shape index (κ2) is 5.43. The van der Waals surface area contributed by atoms with E-state index in [1.165, 1.54) is 11.1 Å². The van der Waals surface area contributed by atoms with Crippen LogP contribution in [0, 0.1) is 6.92 Å². The Bertz CT molecular complexity index is 305. The molecule has 0 saturated heterocycles. The topological polar surface area (TPSA) is 26.3 Å². The highest BCUT2D eigenvalue weighted by atomic mass is 16.5. The van der Waals surface area contributed by atoms with Gasteiger partial charge in [0.15, 0.2) is 0 Å². The monoisotopic (exact) mass is 192 g/mol. The van der Waals surface area contributed by atoms with Crippen molar-refractivity contribution in [3.05, 3.63) is 35.4 Å². The third-order valence-electron chi connectivity index (χ3n) is 2.17. The Hall–Kier alpha value is -1.31. The van der Waals surface area contributed by atoms with E-state index < -0.39 is 0 Å². The van der Waals surface area contributed by atoms with Gasteiger partial charge in [-0.05, 0) is 31.4 Å². The molecule has 0 bridgehead atoms. The van der Waals surface area contributed by atoms with Crippen molar-refractivity contribution < 1.29 is 9.53 Å². The Morgan fingerprint density at radius 3 is 2.71 bits per heavy atom. The number of aryl methyl sites for hydroxylation is 2. The van der Waals surface area contributed by atoms with Crippen LogP contribution in [0.1, 0.15) is 24.5 Å². The lowest BCUT2D eigenvalue weighted by Crippen LogP contribution is -2.05. The molecule has 0 unspecified atom stereocenters. The van der Waals surface area contributed by atoms with E-state index in [9.17, 15) is 4.79 Å². The highest BCUT2D eigenvalue weighted by molar-refractivity contribution is 5.69. The van der Waals surface area contributed by atoms with Gasteiger partial charge in [0.05, 0.1) is 6.61 Å². The molecule has 0 heterocycles. The SMILES string of the molecule is CCOC(=O)CCc1ccccc1C. The van der Waals surface area contributed by atoms with Crippen LogP contribution in [0.15, 0.2) is 24.3 Å². The Balaban J connectivity index is 2.46. The number of ether oxygens (including phenoxy) is 1. The van der Waals surface area contributed by atoms with Crippen molar-refractivity contribution in [3.8, 4) is 0 Å².